The molecular weight excluding hydrogens is 374 g/mol. The van der Waals surface area contributed by atoms with Crippen molar-refractivity contribution in [2.24, 2.45) is 5.14 Å². The number of rotatable bonds is 6. The van der Waals surface area contributed by atoms with E-state index in [1.807, 2.05) is 12.1 Å². The first kappa shape index (κ1) is 18.9. The molecule has 0 spiro atoms. The van der Waals surface area contributed by atoms with Crippen LogP contribution in [0.15, 0.2) is 47.4 Å². The number of hydrogen-bond donors (Lipinski definition) is 3. The predicted molar refractivity (Wildman–Crippen MR) is 108 cm³/mol. The van der Waals surface area contributed by atoms with E-state index in [0.717, 1.165) is 30.8 Å². The van der Waals surface area contributed by atoms with Gasteiger partial charge in [-0.25, -0.2) is 9.35 Å². The van der Waals surface area contributed by atoms with Crippen molar-refractivity contribution in [3.8, 4) is 22.5 Å². The fraction of sp³-hybridized carbons (Fsp3) is 0.316. The largest absolute Gasteiger partial charge is 0.309 e. The Bertz CT molecular complexity index is 959. The van der Waals surface area contributed by atoms with Gasteiger partial charge in [-0.3, -0.25) is 0 Å². The normalized spacial score (nSPS) is 18.4. The van der Waals surface area contributed by atoms with Gasteiger partial charge in [0, 0.05) is 24.7 Å². The van der Waals surface area contributed by atoms with Gasteiger partial charge in [0.1, 0.15) is 11.0 Å². The molecule has 1 saturated heterocycles. The van der Waals surface area contributed by atoms with Gasteiger partial charge in [-0.1, -0.05) is 36.4 Å². The van der Waals surface area contributed by atoms with E-state index >= 15 is 0 Å². The van der Waals surface area contributed by atoms with Crippen LogP contribution in [0, 0.1) is 0 Å². The summed E-state index contributed by atoms with van der Waals surface area (Å²) in [6, 6.07) is 14.4. The summed E-state index contributed by atoms with van der Waals surface area (Å²) in [6.45, 7) is 3.08. The molecule has 1 aromatic heterocycles. The highest BCUT2D eigenvalue weighted by Crippen LogP contribution is 2.34. The van der Waals surface area contributed by atoms with Gasteiger partial charge in [0.2, 0.25) is 5.82 Å². The van der Waals surface area contributed by atoms with Crippen LogP contribution in [-0.4, -0.2) is 55.9 Å². The van der Waals surface area contributed by atoms with Crippen molar-refractivity contribution in [3.63, 3.8) is 0 Å². The maximum absolute atomic E-state index is 12.0. The minimum absolute atomic E-state index is 0.375. The zero-order valence-corrected chi connectivity index (χ0v) is 16.4. The smallest absolute Gasteiger partial charge is 0.206 e. The highest BCUT2D eigenvalue weighted by atomic mass is 32.2. The summed E-state index contributed by atoms with van der Waals surface area (Å²) in [5, 5.41) is 23.5. The second-order valence-electron chi connectivity index (χ2n) is 7.04. The van der Waals surface area contributed by atoms with Crippen LogP contribution < -0.4 is 10.5 Å². The molecule has 8 nitrogen and oxygen atoms in total. The van der Waals surface area contributed by atoms with Crippen molar-refractivity contribution in [1.29, 1.82) is 0 Å². The zero-order chi connectivity index (χ0) is 19.5. The third-order valence-electron chi connectivity index (χ3n) is 5.06. The third kappa shape index (κ3) is 4.02. The molecule has 2 atom stereocenters. The zero-order valence-electron chi connectivity index (χ0n) is 15.6. The molecule has 2 aromatic carbocycles. The number of likely N-dealkylation sites (tertiary alicyclic amines) is 1. The van der Waals surface area contributed by atoms with Crippen LogP contribution in [0.3, 0.4) is 0 Å². The highest BCUT2D eigenvalue weighted by molar-refractivity contribution is 7.82. The fourth-order valence-electron chi connectivity index (χ4n) is 3.60. The number of benzene rings is 2. The van der Waals surface area contributed by atoms with Gasteiger partial charge in [0.25, 0.3) is 0 Å². The van der Waals surface area contributed by atoms with Crippen LogP contribution in [0.25, 0.3) is 22.5 Å². The molecule has 1 fully saturated rings. The van der Waals surface area contributed by atoms with Gasteiger partial charge in [0.05, 0.1) is 4.90 Å². The fourth-order valence-corrected chi connectivity index (χ4v) is 4.22. The average molecular weight is 398 g/mol. The lowest BCUT2D eigenvalue weighted by Gasteiger charge is -2.14. The number of tetrazole rings is 1. The average Bonchev–Trinajstić information content (AvgIpc) is 3.38. The van der Waals surface area contributed by atoms with E-state index in [4.69, 9.17) is 5.14 Å². The number of nitrogens with one attached hydrogen (secondary N) is 2. The van der Waals surface area contributed by atoms with Gasteiger partial charge in [-0.15, -0.1) is 10.2 Å². The van der Waals surface area contributed by atoms with Gasteiger partial charge in [-0.05, 0) is 48.0 Å². The summed E-state index contributed by atoms with van der Waals surface area (Å²) in [5.74, 6) is 0.375. The number of hydrogen-bond acceptors (Lipinski definition) is 6. The number of likely N-dealkylation sites (N-methyl/N-ethyl adjacent to an activating group) is 1. The van der Waals surface area contributed by atoms with Crippen molar-refractivity contribution < 1.29 is 4.21 Å². The van der Waals surface area contributed by atoms with Crippen molar-refractivity contribution in [3.05, 3.63) is 48.0 Å². The van der Waals surface area contributed by atoms with E-state index < -0.39 is 11.0 Å². The number of nitrogens with zero attached hydrogens (tertiary/aromatic N) is 4. The van der Waals surface area contributed by atoms with Crippen LogP contribution >= 0.6 is 0 Å². The van der Waals surface area contributed by atoms with Gasteiger partial charge < -0.3 is 10.2 Å². The monoisotopic (exact) mass is 397 g/mol. The van der Waals surface area contributed by atoms with E-state index in [-0.39, 0.29) is 0 Å². The maximum atomic E-state index is 12.0. The molecule has 4 N–H and O–H groups in total. The molecule has 0 radical (unpaired) electrons. The third-order valence-corrected chi connectivity index (χ3v) is 5.84. The number of aromatic nitrogens is 4. The molecule has 4 rings (SSSR count). The van der Waals surface area contributed by atoms with Crippen LogP contribution in [-0.2, 0) is 17.5 Å². The summed E-state index contributed by atoms with van der Waals surface area (Å²) in [4.78, 5) is 2.82. The summed E-state index contributed by atoms with van der Waals surface area (Å²) in [6.07, 6.45) is 1.19. The summed E-state index contributed by atoms with van der Waals surface area (Å²) < 4.78 is 12.0. The van der Waals surface area contributed by atoms with E-state index in [0.29, 0.717) is 22.3 Å². The molecule has 1 aliphatic heterocycles. The molecule has 0 amide bonds. The first-order chi connectivity index (χ1) is 13.6. The summed E-state index contributed by atoms with van der Waals surface area (Å²) in [7, 11) is 0.496. The Hall–Kier alpha value is -2.46. The molecule has 3 aromatic rings. The molecule has 0 bridgehead atoms. The molecule has 2 unspecified atom stereocenters. The van der Waals surface area contributed by atoms with Gasteiger partial charge in [0.15, 0.2) is 0 Å². The lowest BCUT2D eigenvalue weighted by Crippen LogP contribution is -2.30. The van der Waals surface area contributed by atoms with Gasteiger partial charge >= 0.3 is 0 Å². The van der Waals surface area contributed by atoms with Crippen molar-refractivity contribution in [2.75, 3.05) is 20.1 Å². The molecule has 0 aliphatic carbocycles. The first-order valence-corrected chi connectivity index (χ1v) is 10.4. The van der Waals surface area contributed by atoms with Crippen LogP contribution in [0.5, 0.6) is 0 Å². The first-order valence-electron chi connectivity index (χ1n) is 9.16. The second kappa shape index (κ2) is 8.27. The Balaban J connectivity index is 1.59. The Kier molecular flexibility index (Phi) is 5.58. The molecule has 1 aliphatic rings. The topological polar surface area (TPSA) is 113 Å². The number of nitrogens with two attached hydrogens (primary N) is 1. The Morgan fingerprint density at radius 2 is 2.11 bits per heavy atom. The van der Waals surface area contributed by atoms with Gasteiger partial charge in [-0.2, -0.15) is 5.21 Å². The lowest BCUT2D eigenvalue weighted by atomic mass is 9.98. The molecular formula is C19H23N7OS. The van der Waals surface area contributed by atoms with Crippen molar-refractivity contribution in [2.45, 2.75) is 23.9 Å². The summed E-state index contributed by atoms with van der Waals surface area (Å²) in [5.41, 5.74) is 3.71. The quantitative estimate of drug-likeness (QED) is 0.578. The van der Waals surface area contributed by atoms with Crippen molar-refractivity contribution in [1.82, 2.24) is 30.8 Å². The van der Waals surface area contributed by atoms with Crippen molar-refractivity contribution >= 4 is 11.0 Å². The van der Waals surface area contributed by atoms with E-state index in [1.165, 1.54) is 12.0 Å². The SMILES string of the molecule is CN1CCC(NCc2ccc(-c3cccc(S(N)=O)c3-c3nn[nH]n3)cc2)C1. The molecule has 146 valence electrons. The van der Waals surface area contributed by atoms with E-state index in [9.17, 15) is 4.21 Å². The minimum atomic E-state index is -1.66. The Morgan fingerprint density at radius 3 is 2.75 bits per heavy atom. The van der Waals surface area contributed by atoms with Crippen LogP contribution in [0.2, 0.25) is 0 Å². The van der Waals surface area contributed by atoms with Crippen LogP contribution in [0.4, 0.5) is 0 Å². The highest BCUT2D eigenvalue weighted by Gasteiger charge is 2.19. The number of H-pyrrole nitrogens is 1. The van der Waals surface area contributed by atoms with Crippen LogP contribution in [0.1, 0.15) is 12.0 Å². The summed E-state index contributed by atoms with van der Waals surface area (Å²) >= 11 is 0. The molecule has 9 heteroatoms. The molecule has 28 heavy (non-hydrogen) atoms. The minimum Gasteiger partial charge on any atom is -0.309 e. The lowest BCUT2D eigenvalue weighted by molar-refractivity contribution is 0.397. The molecule has 2 heterocycles. The number of aromatic amines is 1. The Morgan fingerprint density at radius 1 is 1.29 bits per heavy atom. The molecule has 0 saturated carbocycles. The second-order valence-corrected chi connectivity index (χ2v) is 8.07. The Labute approximate surface area is 166 Å². The van der Waals surface area contributed by atoms with E-state index in [2.05, 4.69) is 62.2 Å². The van der Waals surface area contributed by atoms with E-state index in [1.54, 1.807) is 6.07 Å². The predicted octanol–water partition coefficient (Wildman–Crippen LogP) is 1.31. The maximum Gasteiger partial charge on any atom is 0.206 e. The standard InChI is InChI=1S/C19H23N7OS/c1-26-10-9-15(12-26)21-11-13-5-7-14(8-6-13)16-3-2-4-17(28(20)27)18(16)19-22-24-25-23-19/h2-8,15,21H,9-12,20H2,1H3,(H,22,23,24,25).